The number of nitrogens with zero attached hydrogens (tertiary/aromatic N) is 3. The van der Waals surface area contributed by atoms with Gasteiger partial charge in [-0.25, -0.2) is 12.8 Å². The Morgan fingerprint density at radius 2 is 1.67 bits per heavy atom. The van der Waals surface area contributed by atoms with E-state index in [4.69, 9.17) is 0 Å². The predicted octanol–water partition coefficient (Wildman–Crippen LogP) is 5.09. The van der Waals surface area contributed by atoms with E-state index in [0.717, 1.165) is 37.8 Å². The van der Waals surface area contributed by atoms with E-state index in [2.05, 4.69) is 19.8 Å². The number of anilines is 2. The second-order valence-electron chi connectivity index (χ2n) is 7.65. The number of hydrogen-bond donors (Lipinski definition) is 1. The highest BCUT2D eigenvalue weighted by Gasteiger charge is 2.35. The largest absolute Gasteiger partial charge is 0.419 e. The molecule has 0 atom stereocenters. The van der Waals surface area contributed by atoms with Crippen LogP contribution in [0.4, 0.5) is 29.1 Å². The van der Waals surface area contributed by atoms with E-state index in [0.29, 0.717) is 17.3 Å². The molecule has 33 heavy (non-hydrogen) atoms. The third kappa shape index (κ3) is 5.24. The summed E-state index contributed by atoms with van der Waals surface area (Å²) in [4.78, 5) is 1.45. The van der Waals surface area contributed by atoms with Crippen molar-refractivity contribution >= 4 is 21.5 Å². The number of piperidine rings is 1. The maximum absolute atomic E-state index is 13.5. The van der Waals surface area contributed by atoms with Crippen LogP contribution in [-0.2, 0) is 16.2 Å². The lowest BCUT2D eigenvalue weighted by atomic mass is 10.1. The molecular formula is C22H20F4N4O2S. The molecule has 1 aliphatic rings. The van der Waals surface area contributed by atoms with Crippen molar-refractivity contribution in [2.75, 3.05) is 22.7 Å². The van der Waals surface area contributed by atoms with Gasteiger partial charge in [-0.3, -0.25) is 4.72 Å². The summed E-state index contributed by atoms with van der Waals surface area (Å²) in [6.45, 7) is 1.84. The SMILES string of the molecule is O=S(=O)(Nc1cccc(-c2ccc(N3CCCCC3)nn2)c1)c1ccc(F)c(C(F)(F)F)c1. The van der Waals surface area contributed by atoms with Crippen molar-refractivity contribution in [2.45, 2.75) is 30.3 Å². The molecule has 0 radical (unpaired) electrons. The number of halogens is 4. The molecule has 174 valence electrons. The van der Waals surface area contributed by atoms with Gasteiger partial charge in [0.25, 0.3) is 10.0 Å². The molecule has 1 aromatic heterocycles. The molecule has 11 heteroatoms. The van der Waals surface area contributed by atoms with Crippen LogP contribution >= 0.6 is 0 Å². The topological polar surface area (TPSA) is 75.2 Å². The van der Waals surface area contributed by atoms with Gasteiger partial charge < -0.3 is 4.90 Å². The Hall–Kier alpha value is -3.21. The fraction of sp³-hybridized carbons (Fsp3) is 0.273. The van der Waals surface area contributed by atoms with Crippen LogP contribution in [0.5, 0.6) is 0 Å². The lowest BCUT2D eigenvalue weighted by molar-refractivity contribution is -0.140. The normalized spacial score (nSPS) is 14.8. The zero-order chi connectivity index (χ0) is 23.6. The molecule has 2 heterocycles. The highest BCUT2D eigenvalue weighted by Crippen LogP contribution is 2.33. The second kappa shape index (κ2) is 8.97. The zero-order valence-electron chi connectivity index (χ0n) is 17.3. The van der Waals surface area contributed by atoms with Gasteiger partial charge in [-0.15, -0.1) is 10.2 Å². The number of alkyl halides is 3. The van der Waals surface area contributed by atoms with E-state index in [1.165, 1.54) is 18.6 Å². The summed E-state index contributed by atoms with van der Waals surface area (Å²) in [6, 6.07) is 11.4. The predicted molar refractivity (Wildman–Crippen MR) is 116 cm³/mol. The molecule has 1 aliphatic heterocycles. The maximum atomic E-state index is 13.5. The van der Waals surface area contributed by atoms with E-state index >= 15 is 0 Å². The van der Waals surface area contributed by atoms with Crippen LogP contribution in [0.3, 0.4) is 0 Å². The molecule has 0 aliphatic carbocycles. The number of benzene rings is 2. The van der Waals surface area contributed by atoms with Crippen molar-refractivity contribution in [3.8, 4) is 11.3 Å². The Balaban J connectivity index is 1.56. The fourth-order valence-corrected chi connectivity index (χ4v) is 4.69. The number of nitrogens with one attached hydrogen (secondary N) is 1. The molecule has 1 saturated heterocycles. The third-order valence-corrected chi connectivity index (χ3v) is 6.67. The number of hydrogen-bond acceptors (Lipinski definition) is 5. The van der Waals surface area contributed by atoms with E-state index in [1.807, 2.05) is 6.07 Å². The number of aromatic nitrogens is 2. The van der Waals surface area contributed by atoms with Crippen molar-refractivity contribution in [1.82, 2.24) is 10.2 Å². The molecule has 2 aromatic carbocycles. The van der Waals surface area contributed by atoms with Gasteiger partial charge in [-0.05, 0) is 61.7 Å². The maximum Gasteiger partial charge on any atom is 0.419 e. The molecule has 1 N–H and O–H groups in total. The van der Waals surface area contributed by atoms with Gasteiger partial charge in [-0.2, -0.15) is 13.2 Å². The summed E-state index contributed by atoms with van der Waals surface area (Å²) in [5, 5.41) is 8.50. The third-order valence-electron chi connectivity index (χ3n) is 5.29. The van der Waals surface area contributed by atoms with Gasteiger partial charge in [-0.1, -0.05) is 12.1 Å². The zero-order valence-corrected chi connectivity index (χ0v) is 18.1. The molecule has 4 rings (SSSR count). The molecule has 0 bridgehead atoms. The van der Waals surface area contributed by atoms with Gasteiger partial charge in [0.2, 0.25) is 0 Å². The minimum atomic E-state index is -5.02. The first-order valence-electron chi connectivity index (χ1n) is 10.2. The minimum absolute atomic E-state index is 0.118. The lowest BCUT2D eigenvalue weighted by Gasteiger charge is -2.27. The van der Waals surface area contributed by atoms with Crippen molar-refractivity contribution in [2.24, 2.45) is 0 Å². The van der Waals surface area contributed by atoms with Gasteiger partial charge in [0.1, 0.15) is 5.82 Å². The van der Waals surface area contributed by atoms with Crippen LogP contribution in [0, 0.1) is 5.82 Å². The molecule has 1 fully saturated rings. The second-order valence-corrected chi connectivity index (χ2v) is 9.33. The number of sulfonamides is 1. The molecule has 0 spiro atoms. The van der Waals surface area contributed by atoms with Crippen LogP contribution in [0.15, 0.2) is 59.5 Å². The summed E-state index contributed by atoms with van der Waals surface area (Å²) < 4.78 is 79.9. The Bertz CT molecular complexity index is 1240. The highest BCUT2D eigenvalue weighted by atomic mass is 32.2. The van der Waals surface area contributed by atoms with Crippen LogP contribution in [0.25, 0.3) is 11.3 Å². The molecule has 0 amide bonds. The summed E-state index contributed by atoms with van der Waals surface area (Å²) in [6.07, 6.45) is -1.62. The van der Waals surface area contributed by atoms with Gasteiger partial charge in [0.15, 0.2) is 5.82 Å². The molecule has 3 aromatic rings. The van der Waals surface area contributed by atoms with Gasteiger partial charge in [0.05, 0.1) is 16.2 Å². The Morgan fingerprint density at radius 1 is 0.909 bits per heavy atom. The average molecular weight is 480 g/mol. The minimum Gasteiger partial charge on any atom is -0.355 e. The molecule has 6 nitrogen and oxygen atoms in total. The molecule has 0 unspecified atom stereocenters. The summed E-state index contributed by atoms with van der Waals surface area (Å²) in [7, 11) is -4.39. The standard InChI is InChI=1S/C22H20F4N4O2S/c23-19-8-7-17(14-18(19)22(24,25)26)33(31,32)29-16-6-4-5-15(13-16)20-9-10-21(28-27-20)30-11-2-1-3-12-30/h4-10,13-14,29H,1-3,11-12H2. The first-order valence-corrected chi connectivity index (χ1v) is 11.7. The first kappa shape index (κ1) is 23.0. The molecular weight excluding hydrogens is 460 g/mol. The summed E-state index contributed by atoms with van der Waals surface area (Å²) in [5.41, 5.74) is -0.448. The highest BCUT2D eigenvalue weighted by molar-refractivity contribution is 7.92. The Labute approximate surface area is 188 Å². The summed E-state index contributed by atoms with van der Waals surface area (Å²) >= 11 is 0. The van der Waals surface area contributed by atoms with E-state index in [1.54, 1.807) is 18.2 Å². The summed E-state index contributed by atoms with van der Waals surface area (Å²) in [5.74, 6) is -0.776. The monoisotopic (exact) mass is 480 g/mol. The van der Waals surface area contributed by atoms with Crippen LogP contribution in [0.1, 0.15) is 24.8 Å². The van der Waals surface area contributed by atoms with Crippen LogP contribution in [-0.4, -0.2) is 31.7 Å². The smallest absolute Gasteiger partial charge is 0.355 e. The van der Waals surface area contributed by atoms with Crippen LogP contribution in [0.2, 0.25) is 0 Å². The average Bonchev–Trinajstić information content (AvgIpc) is 2.79. The quantitative estimate of drug-likeness (QED) is 0.515. The van der Waals surface area contributed by atoms with E-state index in [9.17, 15) is 26.0 Å². The fourth-order valence-electron chi connectivity index (χ4n) is 3.62. The van der Waals surface area contributed by atoms with Crippen molar-refractivity contribution in [3.05, 3.63) is 66.0 Å². The Kier molecular flexibility index (Phi) is 6.24. The van der Waals surface area contributed by atoms with Crippen molar-refractivity contribution < 1.29 is 26.0 Å². The number of rotatable bonds is 5. The van der Waals surface area contributed by atoms with Crippen molar-refractivity contribution in [1.29, 1.82) is 0 Å². The van der Waals surface area contributed by atoms with Crippen LogP contribution < -0.4 is 9.62 Å². The van der Waals surface area contributed by atoms with E-state index < -0.39 is 32.5 Å². The van der Waals surface area contributed by atoms with E-state index in [-0.39, 0.29) is 11.8 Å². The van der Waals surface area contributed by atoms with Gasteiger partial charge >= 0.3 is 6.18 Å². The Morgan fingerprint density at radius 3 is 2.33 bits per heavy atom. The first-order chi connectivity index (χ1) is 15.6. The molecule has 0 saturated carbocycles. The lowest BCUT2D eigenvalue weighted by Crippen LogP contribution is -2.30. The van der Waals surface area contributed by atoms with Gasteiger partial charge in [0, 0.05) is 24.3 Å². The van der Waals surface area contributed by atoms with Crippen molar-refractivity contribution in [3.63, 3.8) is 0 Å².